The van der Waals surface area contributed by atoms with Crippen LogP contribution >= 0.6 is 15.9 Å². The van der Waals surface area contributed by atoms with E-state index in [2.05, 4.69) is 54.0 Å². The number of hydrogen-bond acceptors (Lipinski definition) is 1. The van der Waals surface area contributed by atoms with Crippen LogP contribution in [-0.4, -0.2) is 0 Å². The highest BCUT2D eigenvalue weighted by molar-refractivity contribution is 9.10. The van der Waals surface area contributed by atoms with Gasteiger partial charge in [-0.15, -0.1) is 0 Å². The largest absolute Gasteiger partial charge is 0.324 e. The summed E-state index contributed by atoms with van der Waals surface area (Å²) in [5.41, 5.74) is 7.71. The monoisotopic (exact) mass is 295 g/mol. The zero-order chi connectivity index (χ0) is 12.4. The molecule has 1 fully saturated rings. The maximum atomic E-state index is 6.44. The van der Waals surface area contributed by atoms with Crippen LogP contribution in [0.4, 0.5) is 0 Å². The fourth-order valence-electron chi connectivity index (χ4n) is 3.29. The van der Waals surface area contributed by atoms with Crippen LogP contribution in [0.5, 0.6) is 0 Å². The molecular formula is C15H22BrN. The lowest BCUT2D eigenvalue weighted by molar-refractivity contribution is 0.193. The first-order valence-corrected chi connectivity index (χ1v) is 7.36. The van der Waals surface area contributed by atoms with Crippen molar-refractivity contribution in [3.63, 3.8) is 0 Å². The van der Waals surface area contributed by atoms with Crippen LogP contribution < -0.4 is 5.73 Å². The van der Waals surface area contributed by atoms with E-state index < -0.39 is 0 Å². The van der Waals surface area contributed by atoms with Gasteiger partial charge in [0.05, 0.1) is 0 Å². The van der Waals surface area contributed by atoms with E-state index >= 15 is 0 Å². The van der Waals surface area contributed by atoms with E-state index in [4.69, 9.17) is 5.73 Å². The van der Waals surface area contributed by atoms with E-state index in [-0.39, 0.29) is 6.04 Å². The Morgan fingerprint density at radius 3 is 2.41 bits per heavy atom. The van der Waals surface area contributed by atoms with Crippen LogP contribution in [0.3, 0.4) is 0 Å². The van der Waals surface area contributed by atoms with Gasteiger partial charge in [-0.25, -0.2) is 0 Å². The predicted octanol–water partition coefficient (Wildman–Crippen LogP) is 4.52. The van der Waals surface area contributed by atoms with Crippen molar-refractivity contribution < 1.29 is 0 Å². The third kappa shape index (κ3) is 3.32. The lowest BCUT2D eigenvalue weighted by Crippen LogP contribution is -2.29. The summed E-state index contributed by atoms with van der Waals surface area (Å²) in [5.74, 6) is 2.28. The van der Waals surface area contributed by atoms with Crippen molar-refractivity contribution in [2.45, 2.75) is 39.2 Å². The van der Waals surface area contributed by atoms with Gasteiger partial charge < -0.3 is 5.73 Å². The Hall–Kier alpha value is -0.340. The molecule has 1 aromatic carbocycles. The summed E-state index contributed by atoms with van der Waals surface area (Å²) >= 11 is 3.52. The Balaban J connectivity index is 2.11. The molecule has 0 heterocycles. The minimum absolute atomic E-state index is 0.192. The predicted molar refractivity (Wildman–Crippen MR) is 76.7 cm³/mol. The van der Waals surface area contributed by atoms with Crippen LogP contribution in [0.15, 0.2) is 28.7 Å². The molecule has 1 aliphatic rings. The van der Waals surface area contributed by atoms with E-state index in [1.54, 1.807) is 0 Å². The zero-order valence-electron chi connectivity index (χ0n) is 10.7. The van der Waals surface area contributed by atoms with Gasteiger partial charge in [-0.3, -0.25) is 0 Å². The molecule has 3 unspecified atom stereocenters. The highest BCUT2D eigenvalue weighted by Crippen LogP contribution is 2.39. The first-order valence-electron chi connectivity index (χ1n) is 6.57. The Labute approximate surface area is 113 Å². The van der Waals surface area contributed by atoms with E-state index in [1.165, 1.54) is 24.8 Å². The van der Waals surface area contributed by atoms with E-state index in [0.717, 1.165) is 16.3 Å². The van der Waals surface area contributed by atoms with Crippen LogP contribution in [0.2, 0.25) is 0 Å². The molecule has 3 atom stereocenters. The van der Waals surface area contributed by atoms with Crippen LogP contribution in [0.1, 0.15) is 44.7 Å². The molecule has 17 heavy (non-hydrogen) atoms. The van der Waals surface area contributed by atoms with Gasteiger partial charge in [0.25, 0.3) is 0 Å². The summed E-state index contributed by atoms with van der Waals surface area (Å²) in [4.78, 5) is 0. The molecule has 0 radical (unpaired) electrons. The zero-order valence-corrected chi connectivity index (χ0v) is 12.3. The van der Waals surface area contributed by atoms with Gasteiger partial charge in [0, 0.05) is 10.5 Å². The summed E-state index contributed by atoms with van der Waals surface area (Å²) in [5, 5.41) is 0. The first kappa shape index (κ1) is 13.1. The van der Waals surface area contributed by atoms with E-state index in [9.17, 15) is 0 Å². The van der Waals surface area contributed by atoms with Crippen molar-refractivity contribution in [3.8, 4) is 0 Å². The number of halogens is 1. The quantitative estimate of drug-likeness (QED) is 0.853. The molecule has 2 rings (SSSR count). The number of rotatable bonds is 2. The van der Waals surface area contributed by atoms with Gasteiger partial charge in [0.2, 0.25) is 0 Å². The first-order chi connectivity index (χ1) is 8.06. The van der Waals surface area contributed by atoms with Gasteiger partial charge in [-0.2, -0.15) is 0 Å². The fraction of sp³-hybridized carbons (Fsp3) is 0.600. The van der Waals surface area contributed by atoms with Crippen LogP contribution in [0.25, 0.3) is 0 Å². The molecule has 0 saturated heterocycles. The topological polar surface area (TPSA) is 26.0 Å². The summed E-state index contributed by atoms with van der Waals surface area (Å²) in [6, 6.07) is 8.64. The minimum atomic E-state index is 0.192. The molecule has 0 spiro atoms. The van der Waals surface area contributed by atoms with E-state index in [0.29, 0.717) is 5.92 Å². The maximum absolute atomic E-state index is 6.44. The van der Waals surface area contributed by atoms with Gasteiger partial charge in [-0.1, -0.05) is 41.9 Å². The Kier molecular flexibility index (Phi) is 4.26. The second-order valence-corrected chi connectivity index (χ2v) is 6.67. The molecule has 1 aromatic rings. The number of benzene rings is 1. The molecule has 1 aliphatic carbocycles. The third-order valence-corrected chi connectivity index (χ3v) is 4.45. The van der Waals surface area contributed by atoms with Gasteiger partial charge >= 0.3 is 0 Å². The normalized spacial score (nSPS) is 31.2. The number of hydrogen-bond donors (Lipinski definition) is 1. The average Bonchev–Trinajstić information content (AvgIpc) is 2.26. The SMILES string of the molecule is CC1CC(C)CC(C(N)c2cccc(Br)c2)C1. The van der Waals surface area contributed by atoms with Crippen LogP contribution in [-0.2, 0) is 0 Å². The summed E-state index contributed by atoms with van der Waals surface area (Å²) in [6.45, 7) is 4.71. The standard InChI is InChI=1S/C15H22BrN/c1-10-6-11(2)8-13(7-10)15(17)12-4-3-5-14(16)9-12/h3-5,9-11,13,15H,6-8,17H2,1-2H3. The molecule has 0 aliphatic heterocycles. The highest BCUT2D eigenvalue weighted by Gasteiger charge is 2.28. The molecular weight excluding hydrogens is 274 g/mol. The third-order valence-electron chi connectivity index (χ3n) is 3.96. The fourth-order valence-corrected chi connectivity index (χ4v) is 3.71. The molecule has 1 saturated carbocycles. The molecule has 2 N–H and O–H groups in total. The molecule has 1 nitrogen and oxygen atoms in total. The Morgan fingerprint density at radius 2 is 1.82 bits per heavy atom. The summed E-state index contributed by atoms with van der Waals surface area (Å²) < 4.78 is 1.13. The van der Waals surface area contributed by atoms with Crippen molar-refractivity contribution in [2.75, 3.05) is 0 Å². The molecule has 2 heteroatoms. The molecule has 0 amide bonds. The van der Waals surface area contributed by atoms with Gasteiger partial charge in [0.15, 0.2) is 0 Å². The lowest BCUT2D eigenvalue weighted by atomic mass is 9.73. The molecule has 0 bridgehead atoms. The lowest BCUT2D eigenvalue weighted by Gasteiger charge is -2.35. The summed E-state index contributed by atoms with van der Waals surface area (Å²) in [6.07, 6.45) is 3.91. The smallest absolute Gasteiger partial charge is 0.0324 e. The minimum Gasteiger partial charge on any atom is -0.324 e. The van der Waals surface area contributed by atoms with Crippen molar-refractivity contribution in [1.29, 1.82) is 0 Å². The van der Waals surface area contributed by atoms with Crippen molar-refractivity contribution in [3.05, 3.63) is 34.3 Å². The van der Waals surface area contributed by atoms with Gasteiger partial charge in [-0.05, 0) is 54.7 Å². The maximum Gasteiger partial charge on any atom is 0.0324 e. The van der Waals surface area contributed by atoms with Gasteiger partial charge in [0.1, 0.15) is 0 Å². The second kappa shape index (κ2) is 5.53. The van der Waals surface area contributed by atoms with Crippen LogP contribution in [0, 0.1) is 17.8 Å². The average molecular weight is 296 g/mol. The van der Waals surface area contributed by atoms with E-state index in [1.807, 2.05) is 0 Å². The summed E-state index contributed by atoms with van der Waals surface area (Å²) in [7, 11) is 0. The second-order valence-electron chi connectivity index (χ2n) is 5.76. The van der Waals surface area contributed by atoms with Crippen molar-refractivity contribution in [2.24, 2.45) is 23.5 Å². The Bertz CT molecular complexity index is 367. The Morgan fingerprint density at radius 1 is 1.18 bits per heavy atom. The van der Waals surface area contributed by atoms with Crippen molar-refractivity contribution in [1.82, 2.24) is 0 Å². The molecule has 0 aromatic heterocycles. The number of nitrogens with two attached hydrogens (primary N) is 1. The van der Waals surface area contributed by atoms with Crippen molar-refractivity contribution >= 4 is 15.9 Å². The molecule has 94 valence electrons. The highest BCUT2D eigenvalue weighted by atomic mass is 79.9.